The van der Waals surface area contributed by atoms with Gasteiger partial charge in [0.25, 0.3) is 0 Å². The first-order valence-corrected chi connectivity index (χ1v) is 5.73. The average molecular weight is 266 g/mol. The van der Waals surface area contributed by atoms with Gasteiger partial charge in [0.1, 0.15) is 0 Å². The lowest BCUT2D eigenvalue weighted by molar-refractivity contribution is -0.137. The average Bonchev–Trinajstić information content (AvgIpc) is 2.18. The number of halogens is 4. The summed E-state index contributed by atoms with van der Waals surface area (Å²) in [7, 11) is 0. The van der Waals surface area contributed by atoms with Crippen molar-refractivity contribution >= 4 is 17.3 Å². The van der Waals surface area contributed by atoms with E-state index in [0.29, 0.717) is 0 Å². The van der Waals surface area contributed by atoms with Crippen LogP contribution in [0.3, 0.4) is 0 Å². The van der Waals surface area contributed by atoms with E-state index in [4.69, 9.17) is 11.6 Å². The van der Waals surface area contributed by atoms with Gasteiger partial charge in [0, 0.05) is 16.8 Å². The molecular formula is C12H15ClF3N. The second-order valence-corrected chi connectivity index (χ2v) is 4.80. The van der Waals surface area contributed by atoms with E-state index >= 15 is 0 Å². The zero-order chi connectivity index (χ0) is 13.2. The smallest absolute Gasteiger partial charge is 0.382 e. The summed E-state index contributed by atoms with van der Waals surface area (Å²) in [5.41, 5.74) is -0.652. The minimum atomic E-state index is -4.40. The zero-order valence-corrected chi connectivity index (χ0v) is 10.7. The van der Waals surface area contributed by atoms with E-state index < -0.39 is 11.7 Å². The molecule has 1 rings (SSSR count). The maximum atomic E-state index is 12.8. The highest BCUT2D eigenvalue weighted by Gasteiger charge is 2.34. The summed E-state index contributed by atoms with van der Waals surface area (Å²) >= 11 is 5.59. The van der Waals surface area contributed by atoms with Crippen molar-refractivity contribution in [2.24, 2.45) is 5.92 Å². The fraction of sp³-hybridized carbons (Fsp3) is 0.500. The van der Waals surface area contributed by atoms with Gasteiger partial charge in [-0.05, 0) is 31.0 Å². The molecule has 0 aliphatic heterocycles. The van der Waals surface area contributed by atoms with Crippen molar-refractivity contribution in [2.45, 2.75) is 33.0 Å². The number of hydrogen-bond acceptors (Lipinski definition) is 1. The predicted octanol–water partition coefficient (Wildman–Crippen LogP) is 4.82. The first-order valence-electron chi connectivity index (χ1n) is 5.35. The molecule has 1 aromatic carbocycles. The minimum absolute atomic E-state index is 0.0442. The van der Waals surface area contributed by atoms with Crippen LogP contribution < -0.4 is 5.32 Å². The van der Waals surface area contributed by atoms with Crippen LogP contribution >= 0.6 is 11.6 Å². The Balaban J connectivity index is 3.07. The second kappa shape index (κ2) is 5.17. The van der Waals surface area contributed by atoms with E-state index in [1.807, 2.05) is 20.8 Å². The number of benzene rings is 1. The van der Waals surface area contributed by atoms with Crippen LogP contribution in [-0.2, 0) is 6.18 Å². The quantitative estimate of drug-likeness (QED) is 0.827. The summed E-state index contributed by atoms with van der Waals surface area (Å²) < 4.78 is 38.3. The molecule has 5 heteroatoms. The molecule has 0 aromatic heterocycles. The van der Waals surface area contributed by atoms with Crippen LogP contribution in [-0.4, -0.2) is 6.04 Å². The molecule has 1 aromatic rings. The molecule has 17 heavy (non-hydrogen) atoms. The summed E-state index contributed by atoms with van der Waals surface area (Å²) in [5.74, 6) is 0.242. The van der Waals surface area contributed by atoms with Crippen molar-refractivity contribution in [3.63, 3.8) is 0 Å². The van der Waals surface area contributed by atoms with E-state index in [0.717, 1.165) is 6.07 Å². The Hall–Kier alpha value is -0.900. The van der Waals surface area contributed by atoms with Gasteiger partial charge in [0.15, 0.2) is 0 Å². The molecular weight excluding hydrogens is 251 g/mol. The lowest BCUT2D eigenvalue weighted by Gasteiger charge is -2.22. The van der Waals surface area contributed by atoms with Crippen LogP contribution in [0.2, 0.25) is 5.02 Å². The molecule has 1 nitrogen and oxygen atoms in total. The van der Waals surface area contributed by atoms with Crippen LogP contribution in [0, 0.1) is 5.92 Å². The predicted molar refractivity (Wildman–Crippen MR) is 64.4 cm³/mol. The zero-order valence-electron chi connectivity index (χ0n) is 9.90. The van der Waals surface area contributed by atoms with Crippen molar-refractivity contribution < 1.29 is 13.2 Å². The molecule has 96 valence electrons. The molecule has 1 atom stereocenters. The van der Waals surface area contributed by atoms with Gasteiger partial charge in [-0.3, -0.25) is 0 Å². The van der Waals surface area contributed by atoms with E-state index in [1.165, 1.54) is 12.1 Å². The SMILES string of the molecule is CC(C)C(C)Nc1ccc(Cl)cc1C(F)(F)F. The van der Waals surface area contributed by atoms with E-state index in [-0.39, 0.29) is 22.7 Å². The Labute approximate surface area is 104 Å². The number of hydrogen-bond donors (Lipinski definition) is 1. The third-order valence-corrected chi connectivity index (χ3v) is 2.91. The van der Waals surface area contributed by atoms with Crippen molar-refractivity contribution in [3.05, 3.63) is 28.8 Å². The molecule has 0 saturated carbocycles. The molecule has 0 bridgehead atoms. The minimum Gasteiger partial charge on any atom is -0.382 e. The van der Waals surface area contributed by atoms with Crippen molar-refractivity contribution in [1.82, 2.24) is 0 Å². The topological polar surface area (TPSA) is 12.0 Å². The third kappa shape index (κ3) is 3.80. The largest absolute Gasteiger partial charge is 0.418 e. The summed E-state index contributed by atoms with van der Waals surface area (Å²) in [6, 6.07) is 3.71. The second-order valence-electron chi connectivity index (χ2n) is 4.36. The summed E-state index contributed by atoms with van der Waals surface area (Å²) in [6.07, 6.45) is -4.40. The Morgan fingerprint density at radius 3 is 2.24 bits per heavy atom. The van der Waals surface area contributed by atoms with Gasteiger partial charge >= 0.3 is 6.18 Å². The Morgan fingerprint density at radius 2 is 1.76 bits per heavy atom. The van der Waals surface area contributed by atoms with E-state index in [1.54, 1.807) is 0 Å². The Morgan fingerprint density at radius 1 is 1.18 bits per heavy atom. The maximum absolute atomic E-state index is 12.8. The molecule has 0 fully saturated rings. The first-order chi connectivity index (χ1) is 7.71. The lowest BCUT2D eigenvalue weighted by atomic mass is 10.0. The molecule has 0 saturated heterocycles. The highest BCUT2D eigenvalue weighted by atomic mass is 35.5. The van der Waals surface area contributed by atoms with E-state index in [9.17, 15) is 13.2 Å². The number of anilines is 1. The number of rotatable bonds is 3. The van der Waals surface area contributed by atoms with Crippen LogP contribution in [0.25, 0.3) is 0 Å². The standard InChI is InChI=1S/C12H15ClF3N/c1-7(2)8(3)17-11-5-4-9(13)6-10(11)12(14,15)16/h4-8,17H,1-3H3. The molecule has 0 radical (unpaired) electrons. The van der Waals surface area contributed by atoms with Crippen LogP contribution in [0.5, 0.6) is 0 Å². The number of nitrogens with one attached hydrogen (secondary N) is 1. The number of alkyl halides is 3. The van der Waals surface area contributed by atoms with Crippen molar-refractivity contribution in [1.29, 1.82) is 0 Å². The molecule has 1 N–H and O–H groups in total. The molecule has 0 aliphatic carbocycles. The van der Waals surface area contributed by atoms with Gasteiger partial charge in [-0.25, -0.2) is 0 Å². The fourth-order valence-electron chi connectivity index (χ4n) is 1.29. The van der Waals surface area contributed by atoms with Gasteiger partial charge in [0.05, 0.1) is 5.56 Å². The summed E-state index contributed by atoms with van der Waals surface area (Å²) in [4.78, 5) is 0. The van der Waals surface area contributed by atoms with Gasteiger partial charge in [0.2, 0.25) is 0 Å². The maximum Gasteiger partial charge on any atom is 0.418 e. The van der Waals surface area contributed by atoms with Crippen LogP contribution in [0.1, 0.15) is 26.3 Å². The lowest BCUT2D eigenvalue weighted by Crippen LogP contribution is -2.23. The first kappa shape index (κ1) is 14.2. The van der Waals surface area contributed by atoms with Gasteiger partial charge in [-0.2, -0.15) is 13.2 Å². The molecule has 0 heterocycles. The van der Waals surface area contributed by atoms with Gasteiger partial charge in [-0.15, -0.1) is 0 Å². The Bertz CT molecular complexity index is 388. The van der Waals surface area contributed by atoms with Crippen molar-refractivity contribution in [2.75, 3.05) is 5.32 Å². The monoisotopic (exact) mass is 265 g/mol. The molecule has 1 unspecified atom stereocenters. The third-order valence-electron chi connectivity index (χ3n) is 2.67. The highest BCUT2D eigenvalue weighted by Crippen LogP contribution is 2.36. The fourth-order valence-corrected chi connectivity index (χ4v) is 1.46. The van der Waals surface area contributed by atoms with Crippen LogP contribution in [0.4, 0.5) is 18.9 Å². The van der Waals surface area contributed by atoms with Gasteiger partial charge in [-0.1, -0.05) is 25.4 Å². The summed E-state index contributed by atoms with van der Waals surface area (Å²) in [6.45, 7) is 5.74. The molecule has 0 amide bonds. The van der Waals surface area contributed by atoms with Crippen LogP contribution in [0.15, 0.2) is 18.2 Å². The highest BCUT2D eigenvalue weighted by molar-refractivity contribution is 6.30. The van der Waals surface area contributed by atoms with Gasteiger partial charge < -0.3 is 5.32 Å². The Kier molecular flexibility index (Phi) is 4.31. The normalized spacial score (nSPS) is 13.9. The molecule has 0 aliphatic rings. The molecule has 0 spiro atoms. The van der Waals surface area contributed by atoms with E-state index in [2.05, 4.69) is 5.32 Å². The van der Waals surface area contributed by atoms with Crippen molar-refractivity contribution in [3.8, 4) is 0 Å². The summed E-state index contributed by atoms with van der Waals surface area (Å²) in [5, 5.41) is 2.95.